The molecule has 4 rings (SSSR count). The molecule has 0 unspecified atom stereocenters. The van der Waals surface area contributed by atoms with Gasteiger partial charge in [-0.3, -0.25) is 4.79 Å². The molecule has 0 spiro atoms. The number of nitrogens with zero attached hydrogens (tertiary/aromatic N) is 1. The summed E-state index contributed by atoms with van der Waals surface area (Å²) in [5, 5.41) is 7.86. The predicted octanol–water partition coefficient (Wildman–Crippen LogP) is 5.91. The van der Waals surface area contributed by atoms with Crippen LogP contribution < -0.4 is 5.32 Å². The van der Waals surface area contributed by atoms with Gasteiger partial charge in [-0.15, -0.1) is 11.3 Å². The largest absolute Gasteiger partial charge is 0.302 e. The van der Waals surface area contributed by atoms with Crippen molar-refractivity contribution >= 4 is 49.1 Å². The van der Waals surface area contributed by atoms with Crippen molar-refractivity contribution in [2.75, 3.05) is 5.32 Å². The lowest BCUT2D eigenvalue weighted by molar-refractivity contribution is -0.115. The van der Waals surface area contributed by atoms with Crippen molar-refractivity contribution in [3.63, 3.8) is 0 Å². The Kier molecular flexibility index (Phi) is 4.82. The Hall–Kier alpha value is -2.50. The number of thiazole rings is 1. The van der Waals surface area contributed by atoms with E-state index in [-0.39, 0.29) is 5.91 Å². The molecule has 1 amide bonds. The Bertz CT molecular complexity index is 1070. The lowest BCUT2D eigenvalue weighted by Crippen LogP contribution is -2.14. The van der Waals surface area contributed by atoms with E-state index >= 15 is 0 Å². The van der Waals surface area contributed by atoms with Crippen LogP contribution in [0.1, 0.15) is 5.56 Å². The van der Waals surface area contributed by atoms with E-state index in [1.165, 1.54) is 22.1 Å². The molecule has 3 aromatic carbocycles. The second kappa shape index (κ2) is 7.40. The molecule has 0 aliphatic carbocycles. The standard InChI is InChI=1S/C21H15BrN2OS/c22-18-9-5-14(6-10-18)11-20(25)24-21-23-19(13-26-21)17-8-7-15-3-1-2-4-16(15)12-17/h1-10,12-13H,11H2,(H,23,24,25). The summed E-state index contributed by atoms with van der Waals surface area (Å²) in [6.07, 6.45) is 0.332. The van der Waals surface area contributed by atoms with E-state index in [9.17, 15) is 4.79 Å². The third kappa shape index (κ3) is 3.84. The maximum absolute atomic E-state index is 12.2. The first-order valence-corrected chi connectivity index (χ1v) is 9.84. The van der Waals surface area contributed by atoms with Gasteiger partial charge in [-0.25, -0.2) is 4.98 Å². The van der Waals surface area contributed by atoms with Crippen LogP contribution in [-0.2, 0) is 11.2 Å². The van der Waals surface area contributed by atoms with Gasteiger partial charge in [-0.2, -0.15) is 0 Å². The molecule has 0 saturated carbocycles. The highest BCUT2D eigenvalue weighted by molar-refractivity contribution is 9.10. The topological polar surface area (TPSA) is 42.0 Å². The van der Waals surface area contributed by atoms with E-state index in [2.05, 4.69) is 56.6 Å². The number of rotatable bonds is 4. The van der Waals surface area contributed by atoms with Crippen LogP contribution in [0.25, 0.3) is 22.0 Å². The smallest absolute Gasteiger partial charge is 0.230 e. The molecule has 0 fully saturated rings. The third-order valence-electron chi connectivity index (χ3n) is 4.07. The summed E-state index contributed by atoms with van der Waals surface area (Å²) in [6, 6.07) is 22.3. The van der Waals surface area contributed by atoms with Crippen LogP contribution in [0.15, 0.2) is 76.6 Å². The van der Waals surface area contributed by atoms with E-state index in [0.29, 0.717) is 11.6 Å². The molecule has 5 heteroatoms. The zero-order valence-corrected chi connectivity index (χ0v) is 16.2. The number of halogens is 1. The Morgan fingerprint density at radius 1 is 1.00 bits per heavy atom. The van der Waals surface area contributed by atoms with Crippen molar-refractivity contribution in [2.45, 2.75) is 6.42 Å². The third-order valence-corrected chi connectivity index (χ3v) is 5.36. The number of hydrogen-bond donors (Lipinski definition) is 1. The molecular weight excluding hydrogens is 408 g/mol. The average Bonchev–Trinajstić information content (AvgIpc) is 3.11. The van der Waals surface area contributed by atoms with Crippen molar-refractivity contribution in [3.8, 4) is 11.3 Å². The summed E-state index contributed by atoms with van der Waals surface area (Å²) in [6.45, 7) is 0. The summed E-state index contributed by atoms with van der Waals surface area (Å²) in [7, 11) is 0. The number of amides is 1. The van der Waals surface area contributed by atoms with E-state index in [1.807, 2.05) is 41.8 Å². The molecule has 0 atom stereocenters. The minimum absolute atomic E-state index is 0.0632. The maximum Gasteiger partial charge on any atom is 0.230 e. The number of fused-ring (bicyclic) bond motifs is 1. The highest BCUT2D eigenvalue weighted by atomic mass is 79.9. The zero-order chi connectivity index (χ0) is 17.9. The van der Waals surface area contributed by atoms with Gasteiger partial charge in [0, 0.05) is 15.4 Å². The molecule has 0 aliphatic rings. The minimum atomic E-state index is -0.0632. The predicted molar refractivity (Wildman–Crippen MR) is 112 cm³/mol. The van der Waals surface area contributed by atoms with Gasteiger partial charge in [0.05, 0.1) is 12.1 Å². The van der Waals surface area contributed by atoms with Crippen LogP contribution in [0.4, 0.5) is 5.13 Å². The van der Waals surface area contributed by atoms with Gasteiger partial charge >= 0.3 is 0 Å². The number of hydrogen-bond acceptors (Lipinski definition) is 3. The van der Waals surface area contributed by atoms with E-state index in [0.717, 1.165) is 21.3 Å². The summed E-state index contributed by atoms with van der Waals surface area (Å²) < 4.78 is 1.00. The zero-order valence-electron chi connectivity index (χ0n) is 13.8. The van der Waals surface area contributed by atoms with Gasteiger partial charge in [-0.1, -0.05) is 64.5 Å². The number of aromatic nitrogens is 1. The molecule has 1 aromatic heterocycles. The Morgan fingerprint density at radius 3 is 2.58 bits per heavy atom. The number of carbonyl (C=O) groups is 1. The molecule has 0 aliphatic heterocycles. The van der Waals surface area contributed by atoms with Gasteiger partial charge in [0.15, 0.2) is 5.13 Å². The van der Waals surface area contributed by atoms with Crippen LogP contribution in [-0.4, -0.2) is 10.9 Å². The fraction of sp³-hybridized carbons (Fsp3) is 0.0476. The van der Waals surface area contributed by atoms with Crippen LogP contribution in [0.5, 0.6) is 0 Å². The van der Waals surface area contributed by atoms with E-state index < -0.39 is 0 Å². The van der Waals surface area contributed by atoms with Gasteiger partial charge in [-0.05, 0) is 34.5 Å². The van der Waals surface area contributed by atoms with Gasteiger partial charge in [0.25, 0.3) is 0 Å². The molecular formula is C21H15BrN2OS. The summed E-state index contributed by atoms with van der Waals surface area (Å²) in [5.41, 5.74) is 2.89. The number of anilines is 1. The summed E-state index contributed by atoms with van der Waals surface area (Å²) in [5.74, 6) is -0.0632. The first kappa shape index (κ1) is 16.9. The second-order valence-corrected chi connectivity index (χ2v) is 7.73. The first-order valence-electron chi connectivity index (χ1n) is 8.16. The number of benzene rings is 3. The van der Waals surface area contributed by atoms with Crippen molar-refractivity contribution in [3.05, 3.63) is 82.1 Å². The Balaban J connectivity index is 1.48. The molecule has 1 N–H and O–H groups in total. The summed E-state index contributed by atoms with van der Waals surface area (Å²) >= 11 is 4.84. The maximum atomic E-state index is 12.2. The normalized spacial score (nSPS) is 10.8. The Labute approximate surface area is 163 Å². The highest BCUT2D eigenvalue weighted by Gasteiger charge is 2.09. The molecule has 1 heterocycles. The molecule has 128 valence electrons. The van der Waals surface area contributed by atoms with Crippen molar-refractivity contribution < 1.29 is 4.79 Å². The van der Waals surface area contributed by atoms with Crippen molar-refractivity contribution in [1.29, 1.82) is 0 Å². The lowest BCUT2D eigenvalue weighted by atomic mass is 10.1. The SMILES string of the molecule is O=C(Cc1ccc(Br)cc1)Nc1nc(-c2ccc3ccccc3c2)cs1. The van der Waals surface area contributed by atoms with Crippen LogP contribution in [0.3, 0.4) is 0 Å². The van der Waals surface area contributed by atoms with E-state index in [4.69, 9.17) is 0 Å². The molecule has 4 aromatic rings. The van der Waals surface area contributed by atoms with Crippen molar-refractivity contribution in [1.82, 2.24) is 4.98 Å². The molecule has 0 bridgehead atoms. The Morgan fingerprint density at radius 2 is 1.77 bits per heavy atom. The molecule has 3 nitrogen and oxygen atoms in total. The van der Waals surface area contributed by atoms with E-state index in [1.54, 1.807) is 0 Å². The lowest BCUT2D eigenvalue weighted by Gasteiger charge is -2.03. The van der Waals surface area contributed by atoms with Crippen LogP contribution in [0, 0.1) is 0 Å². The summed E-state index contributed by atoms with van der Waals surface area (Å²) in [4.78, 5) is 16.8. The first-order chi connectivity index (χ1) is 12.7. The molecule has 26 heavy (non-hydrogen) atoms. The fourth-order valence-electron chi connectivity index (χ4n) is 2.76. The van der Waals surface area contributed by atoms with Gasteiger partial charge < -0.3 is 5.32 Å². The molecule has 0 saturated heterocycles. The fourth-order valence-corrected chi connectivity index (χ4v) is 3.76. The number of nitrogens with one attached hydrogen (secondary N) is 1. The molecule has 0 radical (unpaired) electrons. The van der Waals surface area contributed by atoms with Crippen molar-refractivity contribution in [2.24, 2.45) is 0 Å². The highest BCUT2D eigenvalue weighted by Crippen LogP contribution is 2.27. The number of carbonyl (C=O) groups excluding carboxylic acids is 1. The minimum Gasteiger partial charge on any atom is -0.302 e. The van der Waals surface area contributed by atoms with Gasteiger partial charge in [0.1, 0.15) is 0 Å². The average molecular weight is 423 g/mol. The van der Waals surface area contributed by atoms with Crippen LogP contribution >= 0.6 is 27.3 Å². The van der Waals surface area contributed by atoms with Gasteiger partial charge in [0.2, 0.25) is 5.91 Å². The quantitative estimate of drug-likeness (QED) is 0.444. The van der Waals surface area contributed by atoms with Crippen LogP contribution in [0.2, 0.25) is 0 Å². The second-order valence-electron chi connectivity index (χ2n) is 5.95. The monoisotopic (exact) mass is 422 g/mol.